The van der Waals surface area contributed by atoms with Crippen molar-refractivity contribution in [2.45, 2.75) is 307 Å². The number of aliphatic hydroxyl groups excluding tert-OH is 6. The molecule has 635 valence electrons. The minimum Gasteiger partial charge on any atom is -0.414 e. The maximum absolute atomic E-state index is 11.5. The fourth-order valence-electron chi connectivity index (χ4n) is 16.8. The first kappa shape index (κ1) is 92.3. The van der Waals surface area contributed by atoms with E-state index < -0.39 is 108 Å². The van der Waals surface area contributed by atoms with Crippen molar-refractivity contribution in [1.29, 1.82) is 0 Å². The van der Waals surface area contributed by atoms with Gasteiger partial charge < -0.3 is 103 Å². The van der Waals surface area contributed by atoms with Gasteiger partial charge in [-0.1, -0.05) is 138 Å². The van der Waals surface area contributed by atoms with Crippen molar-refractivity contribution in [2.75, 3.05) is 42.8 Å². The number of ether oxygens (including phenoxy) is 5. The number of imidazole rings is 4. The van der Waals surface area contributed by atoms with Gasteiger partial charge in [-0.15, -0.1) is 0 Å². The van der Waals surface area contributed by atoms with Crippen molar-refractivity contribution in [2.24, 2.45) is 11.8 Å². The van der Waals surface area contributed by atoms with Crippen LogP contribution in [0, 0.1) is 55.9 Å². The molecular formula is C73H122AcN20O17Si4. The number of anilines is 4. The molecule has 15 heterocycles. The summed E-state index contributed by atoms with van der Waals surface area (Å²) in [6, 6.07) is 0. The van der Waals surface area contributed by atoms with E-state index in [0.717, 1.165) is 6.42 Å². The van der Waals surface area contributed by atoms with Gasteiger partial charge in [0.2, 0.25) is 0 Å². The number of aromatic nitrogens is 16. The molecule has 7 aliphatic rings. The third-order valence-electron chi connectivity index (χ3n) is 23.6. The van der Waals surface area contributed by atoms with Gasteiger partial charge in [-0.25, -0.2) is 59.8 Å². The number of hydrogen-bond donors (Lipinski definition) is 10. The Hall–Kier alpha value is -4.97. The molecule has 8 unspecified atom stereocenters. The summed E-state index contributed by atoms with van der Waals surface area (Å²) in [5, 5.41) is 59.5. The maximum Gasteiger partial charge on any atom is 0.335 e. The summed E-state index contributed by atoms with van der Waals surface area (Å²) in [7, 11) is -10.8. The van der Waals surface area contributed by atoms with Crippen LogP contribution in [0.15, 0.2) is 50.6 Å². The standard InChI is InChI=1S/C22H39N5O5Si2.C22H39N5O4Si2.C11H15N5O3.C10H13N5O3.C8H16O2.Ac/c1-12(2)33(13(3)4)29-9-16-19(31-34(32-33,14(5)6)15(7)8)18(28)22(30-16)27-11-26-17-20(23)24-10-25-21(17)27;1-13(2)32(14(3)4)28-10-18-17(30-33(31-32,15(5)6)16(7)8)9-19(29-18)27-12-26-20-21(23)24-11-25-22(20)27;1-2-5-7(17)8(18)11(19-5)16-4-15-6-9(12)13-3-14-10(6)16;11-9-8-10(13-3-12-9)15(4-14-8)7-1-5(17)6(2-16)18-7;1-4-7-5(2)6(3)8(9)10-7;/h10-16,18-19,22,28H,9H2,1-8H3,(H2,23,24,25);11-19H,9-10H2,1-8H3,(H2,23,24,25);3-5,7-8,11,17-18H,2H2,1H3,(H2,12,13,14);3-7,16-17H,1-2H2,(H2,11,12,13);5-9H,4H2,1-3H3;/t16-,18?,19?,22-;17?,18-,19-;5-,7?,8?,11-;5?,6-,7-;5?,6?,7-,8-;/m00000./s1. The first-order chi connectivity index (χ1) is 54.0. The maximum atomic E-state index is 11.5. The number of hydrogen-bond acceptors (Lipinski definition) is 33. The van der Waals surface area contributed by atoms with E-state index in [1.54, 1.807) is 32.7 Å². The van der Waals surface area contributed by atoms with Gasteiger partial charge in [-0.3, -0.25) is 18.3 Å². The van der Waals surface area contributed by atoms with Gasteiger partial charge in [-0.2, -0.15) is 0 Å². The van der Waals surface area contributed by atoms with Crippen molar-refractivity contribution >= 4 is 102 Å². The van der Waals surface area contributed by atoms with E-state index in [1.165, 1.54) is 31.6 Å². The van der Waals surface area contributed by atoms with Gasteiger partial charge in [0.25, 0.3) is 0 Å². The van der Waals surface area contributed by atoms with Crippen molar-refractivity contribution in [3.63, 3.8) is 0 Å². The van der Waals surface area contributed by atoms with E-state index in [-0.39, 0.29) is 120 Å². The van der Waals surface area contributed by atoms with Crippen LogP contribution in [0.2, 0.25) is 44.3 Å². The second-order valence-electron chi connectivity index (χ2n) is 33.2. The Labute approximate surface area is 711 Å². The molecule has 7 saturated heterocycles. The molecule has 14 N–H and O–H groups in total. The third-order valence-corrected chi connectivity index (χ3v) is 44.1. The molecule has 0 spiro atoms. The summed E-state index contributed by atoms with van der Waals surface area (Å²) in [5.74, 6) is 2.02. The first-order valence-corrected chi connectivity index (χ1v) is 47.9. The van der Waals surface area contributed by atoms with E-state index >= 15 is 0 Å². The average Bonchev–Trinajstić information content (AvgIpc) is 1.71. The molecule has 0 saturated carbocycles. The second kappa shape index (κ2) is 38.0. The fourth-order valence-corrected chi connectivity index (χ4v) is 39.2. The Bertz CT molecular complexity index is 4460. The summed E-state index contributed by atoms with van der Waals surface area (Å²) >= 11 is 0. The van der Waals surface area contributed by atoms with E-state index in [0.29, 0.717) is 112 Å². The topological polar surface area (TPSA) is 501 Å². The molecule has 8 aromatic rings. The van der Waals surface area contributed by atoms with Crippen molar-refractivity contribution in [1.82, 2.24) is 78.1 Å². The SMILES string of the molecule is CC(C)[Si]1(C(C)C)OC[C@@H]2O[C@H](n3cnc4c(N)ncnc43)C(O)C2O[Si](C(C)C)(C(C)C)O1.CC(C)[Si]1(C(C)C)OC[C@@H]2O[C@H](n3cnc4c(N)ncnc43)CC2O[Si](C(C)C)(C(C)C)O1.CC[C@@H]1O[C@H](O)C(C)C1C.CC[C@@H]1O[C@H](n2cnc3c(N)ncnc32)C(O)C1O.Nc1ncnc2c1ncn2[C@@H]1CC(O)[C@H](CO)O1.[Ac]. The molecule has 0 aliphatic carbocycles. The molecule has 15 rings (SSSR count). The van der Waals surface area contributed by atoms with Crippen LogP contribution in [0.3, 0.4) is 0 Å². The summed E-state index contributed by atoms with van der Waals surface area (Å²) in [6.07, 6.45) is 6.21. The molecule has 7 fully saturated rings. The molecule has 18 atom stereocenters. The van der Waals surface area contributed by atoms with Crippen molar-refractivity contribution < 1.29 is 124 Å². The second-order valence-corrected chi connectivity index (χ2v) is 50.9. The smallest absolute Gasteiger partial charge is 0.335 e. The summed E-state index contributed by atoms with van der Waals surface area (Å²) in [5.41, 5.74) is 29.5. The number of rotatable bonds is 15. The molecule has 42 heteroatoms. The normalized spacial score (nSPS) is 30.2. The summed E-state index contributed by atoms with van der Waals surface area (Å²) < 4.78 is 78.4. The Morgan fingerprint density at radius 1 is 0.400 bits per heavy atom. The Morgan fingerprint density at radius 2 is 0.774 bits per heavy atom. The molecular weight excluding hydrogens is 1770 g/mol. The predicted molar refractivity (Wildman–Crippen MR) is 432 cm³/mol. The summed E-state index contributed by atoms with van der Waals surface area (Å²) in [4.78, 5) is 49.7. The fraction of sp³-hybridized carbons (Fsp3) is 0.726. The minimum absolute atomic E-state index is 0. The number of aliphatic hydroxyl groups is 6. The van der Waals surface area contributed by atoms with Crippen LogP contribution in [-0.4, -0.2) is 236 Å². The zero-order valence-electron chi connectivity index (χ0n) is 69.8. The Balaban J connectivity index is 0.000000160. The molecule has 0 amide bonds. The summed E-state index contributed by atoms with van der Waals surface area (Å²) in [6.45, 7) is 43.9. The van der Waals surface area contributed by atoms with Gasteiger partial charge in [0.15, 0.2) is 64.6 Å². The van der Waals surface area contributed by atoms with Crippen LogP contribution >= 0.6 is 0 Å². The van der Waals surface area contributed by atoms with E-state index in [9.17, 15) is 25.5 Å². The quantitative estimate of drug-likeness (QED) is 0.0433. The zero-order valence-corrected chi connectivity index (χ0v) is 78.5. The predicted octanol–water partition coefficient (Wildman–Crippen LogP) is 8.15. The first-order valence-electron chi connectivity index (χ1n) is 40.0. The monoisotopic (exact) mass is 1890 g/mol. The number of fused-ring (bicyclic) bond motifs is 6. The van der Waals surface area contributed by atoms with Gasteiger partial charge >= 0.3 is 34.2 Å². The van der Waals surface area contributed by atoms with Crippen LogP contribution in [0.1, 0.15) is 189 Å². The van der Waals surface area contributed by atoms with E-state index in [1.807, 2.05) is 18.4 Å². The minimum atomic E-state index is -2.86. The van der Waals surface area contributed by atoms with Gasteiger partial charge in [0, 0.05) is 62.8 Å². The van der Waals surface area contributed by atoms with Crippen LogP contribution < -0.4 is 22.9 Å². The molecule has 0 bridgehead atoms. The molecule has 1 radical (unpaired) electrons. The largest absolute Gasteiger partial charge is 0.414 e. The Morgan fingerprint density at radius 3 is 1.13 bits per heavy atom. The zero-order chi connectivity index (χ0) is 83.1. The molecule has 37 nitrogen and oxygen atoms in total. The molecule has 8 aromatic heterocycles. The number of nitrogens with zero attached hydrogens (tertiary/aromatic N) is 16. The third kappa shape index (κ3) is 18.1. The number of nitrogens with two attached hydrogens (primary N) is 4. The van der Waals surface area contributed by atoms with Gasteiger partial charge in [-0.05, 0) is 63.1 Å². The van der Waals surface area contributed by atoms with Gasteiger partial charge in [0.1, 0.15) is 103 Å². The average molecular weight is 1890 g/mol. The Kier molecular flexibility index (Phi) is 30.5. The number of nitrogen functional groups attached to an aromatic ring is 4. The van der Waals surface area contributed by atoms with Crippen molar-refractivity contribution in [3.05, 3.63) is 50.6 Å². The van der Waals surface area contributed by atoms with Crippen molar-refractivity contribution in [3.8, 4) is 0 Å². The molecule has 7 aliphatic heterocycles. The molecule has 0 aromatic carbocycles. The van der Waals surface area contributed by atoms with E-state index in [2.05, 4.69) is 184 Å². The van der Waals surface area contributed by atoms with Crippen LogP contribution in [-0.2, 0) is 49.6 Å². The molecule has 115 heavy (non-hydrogen) atoms. The van der Waals surface area contributed by atoms with E-state index in [4.69, 9.17) is 77.7 Å². The van der Waals surface area contributed by atoms with Gasteiger partial charge in [0.05, 0.1) is 69.5 Å². The van der Waals surface area contributed by atoms with Crippen LogP contribution in [0.5, 0.6) is 0 Å². The van der Waals surface area contributed by atoms with Crippen LogP contribution in [0.4, 0.5) is 23.3 Å². The van der Waals surface area contributed by atoms with Crippen LogP contribution in [0.25, 0.3) is 44.7 Å².